The van der Waals surface area contributed by atoms with Gasteiger partial charge in [0.2, 0.25) is 0 Å². The lowest BCUT2D eigenvalue weighted by Crippen LogP contribution is -2.59. The average Bonchev–Trinajstić information content (AvgIpc) is 2.14. The second-order valence-electron chi connectivity index (χ2n) is 6.33. The van der Waals surface area contributed by atoms with Gasteiger partial charge in [0.15, 0.2) is 0 Å². The Morgan fingerprint density at radius 3 is 2.11 bits per heavy atom. The molecule has 0 aromatic rings. The predicted octanol–water partition coefficient (Wildman–Crippen LogP) is 2.19. The third-order valence-electron chi connectivity index (χ3n) is 3.21. The standard InChI is InChI=1S/C14H30N2O2/c1-10(2)8-12(5)16(7)9-14(6,13(17)18)15-11(3)4/h10-12,15H,8-9H2,1-7H3,(H,17,18). The van der Waals surface area contributed by atoms with E-state index in [4.69, 9.17) is 0 Å². The number of nitrogens with one attached hydrogen (secondary N) is 1. The summed E-state index contributed by atoms with van der Waals surface area (Å²) in [4.78, 5) is 13.6. The van der Waals surface area contributed by atoms with Crippen molar-refractivity contribution in [3.63, 3.8) is 0 Å². The lowest BCUT2D eigenvalue weighted by molar-refractivity contribution is -0.145. The van der Waals surface area contributed by atoms with Crippen LogP contribution in [0.2, 0.25) is 0 Å². The highest BCUT2D eigenvalue weighted by molar-refractivity contribution is 5.78. The van der Waals surface area contributed by atoms with E-state index in [0.717, 1.165) is 6.42 Å². The topological polar surface area (TPSA) is 52.6 Å². The molecule has 2 unspecified atom stereocenters. The minimum absolute atomic E-state index is 0.153. The molecule has 0 aromatic heterocycles. The summed E-state index contributed by atoms with van der Waals surface area (Å²) in [7, 11) is 2.00. The summed E-state index contributed by atoms with van der Waals surface area (Å²) >= 11 is 0. The Morgan fingerprint density at radius 2 is 1.78 bits per heavy atom. The SMILES string of the molecule is CC(C)CC(C)N(C)CC(C)(NC(C)C)C(=O)O. The van der Waals surface area contributed by atoms with Crippen LogP contribution in [-0.2, 0) is 4.79 Å². The van der Waals surface area contributed by atoms with E-state index in [0.29, 0.717) is 18.5 Å². The van der Waals surface area contributed by atoms with Gasteiger partial charge in [-0.05, 0) is 47.1 Å². The fourth-order valence-corrected chi connectivity index (χ4v) is 2.33. The monoisotopic (exact) mass is 258 g/mol. The normalized spacial score (nSPS) is 17.2. The first-order chi connectivity index (χ1) is 8.08. The van der Waals surface area contributed by atoms with Crippen molar-refractivity contribution in [2.75, 3.05) is 13.6 Å². The van der Waals surface area contributed by atoms with Crippen LogP contribution in [0.25, 0.3) is 0 Å². The molecule has 0 amide bonds. The van der Waals surface area contributed by atoms with Gasteiger partial charge in [0.25, 0.3) is 0 Å². The van der Waals surface area contributed by atoms with Crippen molar-refractivity contribution >= 4 is 5.97 Å². The molecule has 0 radical (unpaired) electrons. The molecule has 0 aliphatic rings. The molecule has 0 fully saturated rings. The zero-order valence-corrected chi connectivity index (χ0v) is 12.9. The largest absolute Gasteiger partial charge is 0.480 e. The molecule has 0 saturated heterocycles. The molecule has 4 heteroatoms. The summed E-state index contributed by atoms with van der Waals surface area (Å²) in [5, 5.41) is 12.6. The van der Waals surface area contributed by atoms with E-state index in [1.54, 1.807) is 6.92 Å². The van der Waals surface area contributed by atoms with Crippen molar-refractivity contribution in [1.29, 1.82) is 0 Å². The molecule has 0 aliphatic heterocycles. The van der Waals surface area contributed by atoms with Gasteiger partial charge in [-0.15, -0.1) is 0 Å². The number of hydrogen-bond donors (Lipinski definition) is 2. The summed E-state index contributed by atoms with van der Waals surface area (Å²) in [5.74, 6) is -0.170. The Kier molecular flexibility index (Phi) is 6.86. The molecule has 2 atom stereocenters. The van der Waals surface area contributed by atoms with E-state index in [1.807, 2.05) is 20.9 Å². The fraction of sp³-hybridized carbons (Fsp3) is 0.929. The van der Waals surface area contributed by atoms with Crippen LogP contribution in [0.15, 0.2) is 0 Å². The number of carboxylic acids is 1. The summed E-state index contributed by atoms with van der Waals surface area (Å²) in [5.41, 5.74) is -0.895. The molecule has 0 saturated carbocycles. The number of carbonyl (C=O) groups is 1. The molecule has 0 spiro atoms. The summed E-state index contributed by atoms with van der Waals surface area (Å²) < 4.78 is 0. The first-order valence-electron chi connectivity index (χ1n) is 6.79. The molecule has 108 valence electrons. The van der Waals surface area contributed by atoms with Crippen LogP contribution in [0, 0.1) is 5.92 Å². The van der Waals surface area contributed by atoms with Gasteiger partial charge in [-0.2, -0.15) is 0 Å². The minimum Gasteiger partial charge on any atom is -0.480 e. The summed E-state index contributed by atoms with van der Waals surface area (Å²) in [6, 6.07) is 0.539. The Balaban J connectivity index is 4.63. The number of nitrogens with zero attached hydrogens (tertiary/aromatic N) is 1. The first kappa shape index (κ1) is 17.4. The van der Waals surface area contributed by atoms with E-state index in [2.05, 4.69) is 31.0 Å². The predicted molar refractivity (Wildman–Crippen MR) is 75.9 cm³/mol. The second kappa shape index (κ2) is 7.10. The maximum absolute atomic E-state index is 11.4. The molecular weight excluding hydrogens is 228 g/mol. The molecule has 0 heterocycles. The van der Waals surface area contributed by atoms with Gasteiger partial charge in [0, 0.05) is 18.6 Å². The molecule has 0 rings (SSSR count). The van der Waals surface area contributed by atoms with Gasteiger partial charge in [-0.25, -0.2) is 0 Å². The highest BCUT2D eigenvalue weighted by Gasteiger charge is 2.35. The third kappa shape index (κ3) is 5.83. The highest BCUT2D eigenvalue weighted by atomic mass is 16.4. The molecule has 0 aliphatic carbocycles. The lowest BCUT2D eigenvalue weighted by Gasteiger charge is -2.36. The Hall–Kier alpha value is -0.610. The van der Waals surface area contributed by atoms with Crippen molar-refractivity contribution in [1.82, 2.24) is 10.2 Å². The Labute approximate surface area is 112 Å². The minimum atomic E-state index is -0.895. The smallest absolute Gasteiger partial charge is 0.324 e. The molecule has 0 bridgehead atoms. The first-order valence-corrected chi connectivity index (χ1v) is 6.79. The zero-order valence-electron chi connectivity index (χ0n) is 12.9. The van der Waals surface area contributed by atoms with Gasteiger partial charge in [-0.1, -0.05) is 13.8 Å². The summed E-state index contributed by atoms with van der Waals surface area (Å²) in [6.07, 6.45) is 1.08. The number of carboxylic acid groups (broad SMARTS) is 1. The van der Waals surface area contributed by atoms with Crippen LogP contribution in [0.3, 0.4) is 0 Å². The zero-order chi connectivity index (χ0) is 14.5. The van der Waals surface area contributed by atoms with E-state index < -0.39 is 11.5 Å². The maximum Gasteiger partial charge on any atom is 0.324 e. The Morgan fingerprint density at radius 1 is 1.28 bits per heavy atom. The highest BCUT2D eigenvalue weighted by Crippen LogP contribution is 2.14. The van der Waals surface area contributed by atoms with Crippen molar-refractivity contribution in [3.8, 4) is 0 Å². The molecule has 2 N–H and O–H groups in total. The fourth-order valence-electron chi connectivity index (χ4n) is 2.33. The molecular formula is C14H30N2O2. The van der Waals surface area contributed by atoms with Crippen LogP contribution < -0.4 is 5.32 Å². The van der Waals surface area contributed by atoms with Crippen molar-refractivity contribution in [3.05, 3.63) is 0 Å². The quantitative estimate of drug-likeness (QED) is 0.701. The van der Waals surface area contributed by atoms with E-state index in [1.165, 1.54) is 0 Å². The van der Waals surface area contributed by atoms with E-state index in [9.17, 15) is 9.90 Å². The molecule has 4 nitrogen and oxygen atoms in total. The average molecular weight is 258 g/mol. The van der Waals surface area contributed by atoms with Gasteiger partial charge in [0.1, 0.15) is 5.54 Å². The molecule has 0 aromatic carbocycles. The number of aliphatic carboxylic acids is 1. The van der Waals surface area contributed by atoms with Crippen molar-refractivity contribution in [2.45, 2.75) is 65.6 Å². The molecule has 18 heavy (non-hydrogen) atoms. The van der Waals surface area contributed by atoms with Crippen LogP contribution in [0.1, 0.15) is 48.0 Å². The van der Waals surface area contributed by atoms with Gasteiger partial charge < -0.3 is 10.0 Å². The van der Waals surface area contributed by atoms with Crippen LogP contribution in [-0.4, -0.2) is 47.2 Å². The van der Waals surface area contributed by atoms with Crippen LogP contribution in [0.4, 0.5) is 0 Å². The summed E-state index contributed by atoms with van der Waals surface area (Å²) in [6.45, 7) is 12.7. The van der Waals surface area contributed by atoms with Gasteiger partial charge in [-0.3, -0.25) is 10.1 Å². The number of likely N-dealkylation sites (N-methyl/N-ethyl adjacent to an activating group) is 1. The number of rotatable bonds is 8. The van der Waals surface area contributed by atoms with Crippen LogP contribution >= 0.6 is 0 Å². The van der Waals surface area contributed by atoms with Gasteiger partial charge in [0.05, 0.1) is 0 Å². The Bertz CT molecular complexity index is 267. The van der Waals surface area contributed by atoms with Crippen molar-refractivity contribution < 1.29 is 9.90 Å². The lowest BCUT2D eigenvalue weighted by atomic mass is 9.98. The van der Waals surface area contributed by atoms with E-state index in [-0.39, 0.29) is 6.04 Å². The van der Waals surface area contributed by atoms with Gasteiger partial charge >= 0.3 is 5.97 Å². The number of hydrogen-bond acceptors (Lipinski definition) is 3. The third-order valence-corrected chi connectivity index (χ3v) is 3.21. The van der Waals surface area contributed by atoms with Crippen molar-refractivity contribution in [2.24, 2.45) is 5.92 Å². The van der Waals surface area contributed by atoms with Crippen LogP contribution in [0.5, 0.6) is 0 Å². The maximum atomic E-state index is 11.4. The second-order valence-corrected chi connectivity index (χ2v) is 6.33. The van der Waals surface area contributed by atoms with E-state index >= 15 is 0 Å².